The third-order valence-electron chi connectivity index (χ3n) is 4.48. The number of benzene rings is 1. The Kier molecular flexibility index (Phi) is 5.05. The lowest BCUT2D eigenvalue weighted by Gasteiger charge is -2.15. The van der Waals surface area contributed by atoms with Crippen LogP contribution < -0.4 is 0 Å². The highest BCUT2D eigenvalue weighted by Crippen LogP contribution is 2.38. The molecule has 4 rings (SSSR count). The second kappa shape index (κ2) is 7.50. The van der Waals surface area contributed by atoms with E-state index in [1.54, 1.807) is 29.1 Å². The second-order valence-electron chi connectivity index (χ2n) is 6.37. The van der Waals surface area contributed by atoms with Gasteiger partial charge in [-0.15, -0.1) is 0 Å². The molecule has 1 aliphatic heterocycles. The summed E-state index contributed by atoms with van der Waals surface area (Å²) in [5.41, 5.74) is 3.04. The first kappa shape index (κ1) is 18.9. The number of phosphoric acid groups is 1. The number of aldehydes is 1. The number of phosphoric ester groups is 1. The van der Waals surface area contributed by atoms with Crippen molar-refractivity contribution in [2.24, 2.45) is 0 Å². The summed E-state index contributed by atoms with van der Waals surface area (Å²) in [6.45, 7) is -0.188. The van der Waals surface area contributed by atoms with Gasteiger partial charge in [0.15, 0.2) is 5.65 Å². The maximum Gasteiger partial charge on any atom is 0.469 e. The van der Waals surface area contributed by atoms with Gasteiger partial charge in [-0.3, -0.25) is 13.9 Å². The molecule has 28 heavy (non-hydrogen) atoms. The maximum atomic E-state index is 11.0. The van der Waals surface area contributed by atoms with Gasteiger partial charge in [-0.1, -0.05) is 18.2 Å². The number of carbonyl (C=O) groups is 1. The quantitative estimate of drug-likeness (QED) is 0.467. The normalized spacial score (nSPS) is 19.9. The lowest BCUT2D eigenvalue weighted by atomic mass is 10.1. The van der Waals surface area contributed by atoms with Crippen LogP contribution in [-0.4, -0.2) is 48.3 Å². The van der Waals surface area contributed by atoms with E-state index in [1.807, 2.05) is 6.07 Å². The minimum Gasteiger partial charge on any atom is -0.352 e. The summed E-state index contributed by atoms with van der Waals surface area (Å²) in [6.07, 6.45) is 4.20. The van der Waals surface area contributed by atoms with Crippen molar-refractivity contribution in [2.45, 2.75) is 25.2 Å². The van der Waals surface area contributed by atoms with Crippen LogP contribution in [0.3, 0.4) is 0 Å². The monoisotopic (exact) mass is 404 g/mol. The predicted octanol–water partition coefficient (Wildman–Crippen LogP) is 2.09. The Labute approximate surface area is 159 Å². The smallest absolute Gasteiger partial charge is 0.352 e. The van der Waals surface area contributed by atoms with Crippen LogP contribution in [0.25, 0.3) is 22.4 Å². The lowest BCUT2D eigenvalue weighted by molar-refractivity contribution is -0.0205. The van der Waals surface area contributed by atoms with E-state index in [0.717, 1.165) is 11.8 Å². The average Bonchev–Trinajstić information content (AvgIpc) is 3.32. The van der Waals surface area contributed by atoms with Gasteiger partial charge in [-0.05, 0) is 18.9 Å². The van der Waals surface area contributed by atoms with Gasteiger partial charge in [0.1, 0.15) is 30.1 Å². The fourth-order valence-corrected chi connectivity index (χ4v) is 3.59. The van der Waals surface area contributed by atoms with Gasteiger partial charge < -0.3 is 14.5 Å². The summed E-state index contributed by atoms with van der Waals surface area (Å²) in [4.78, 5) is 41.7. The van der Waals surface area contributed by atoms with Crippen LogP contribution in [0.2, 0.25) is 0 Å². The molecule has 146 valence electrons. The molecule has 2 atom stereocenters. The Morgan fingerprint density at radius 2 is 2.14 bits per heavy atom. The molecule has 3 aromatic rings. The Balaban J connectivity index is 1.60. The van der Waals surface area contributed by atoms with Crippen LogP contribution in [0, 0.1) is 0 Å². The Morgan fingerprint density at radius 1 is 1.29 bits per heavy atom. The van der Waals surface area contributed by atoms with Crippen molar-refractivity contribution in [2.75, 3.05) is 6.61 Å². The molecule has 0 radical (unpaired) electrons. The highest BCUT2D eigenvalue weighted by Gasteiger charge is 2.30. The molecule has 0 amide bonds. The van der Waals surface area contributed by atoms with E-state index >= 15 is 0 Å². The number of hydrogen-bond donors (Lipinski definition) is 2. The molecule has 3 heterocycles. The molecule has 1 aromatic carbocycles. The third-order valence-corrected chi connectivity index (χ3v) is 4.96. The van der Waals surface area contributed by atoms with E-state index in [2.05, 4.69) is 19.5 Å². The van der Waals surface area contributed by atoms with Crippen LogP contribution in [0.1, 0.15) is 29.4 Å². The van der Waals surface area contributed by atoms with Crippen LogP contribution in [0.5, 0.6) is 0 Å². The summed E-state index contributed by atoms with van der Waals surface area (Å²) in [5.74, 6) is 0. The highest BCUT2D eigenvalue weighted by molar-refractivity contribution is 7.46. The van der Waals surface area contributed by atoms with Crippen LogP contribution >= 0.6 is 7.82 Å². The summed E-state index contributed by atoms with van der Waals surface area (Å²) in [5, 5.41) is 0. The first-order valence-corrected chi connectivity index (χ1v) is 10.1. The van der Waals surface area contributed by atoms with Crippen molar-refractivity contribution >= 4 is 25.3 Å². The first-order chi connectivity index (χ1) is 13.4. The molecule has 2 N–H and O–H groups in total. The number of carbonyl (C=O) groups excluding carboxylic acids is 1. The first-order valence-electron chi connectivity index (χ1n) is 8.53. The number of ether oxygens (including phenoxy) is 1. The largest absolute Gasteiger partial charge is 0.469 e. The molecule has 0 aliphatic carbocycles. The minimum absolute atomic E-state index is 0.188. The van der Waals surface area contributed by atoms with Gasteiger partial charge in [0.2, 0.25) is 0 Å². The molecule has 1 saturated heterocycles. The van der Waals surface area contributed by atoms with Crippen molar-refractivity contribution in [3.8, 4) is 11.3 Å². The van der Waals surface area contributed by atoms with Crippen molar-refractivity contribution in [1.82, 2.24) is 19.5 Å². The number of fused-ring (bicyclic) bond motifs is 1. The molecule has 0 bridgehead atoms. The van der Waals surface area contributed by atoms with E-state index in [0.29, 0.717) is 35.3 Å². The molecular weight excluding hydrogens is 387 g/mol. The highest BCUT2D eigenvalue weighted by atomic mass is 31.2. The van der Waals surface area contributed by atoms with Crippen molar-refractivity contribution < 1.29 is 28.4 Å². The summed E-state index contributed by atoms with van der Waals surface area (Å²) < 4.78 is 23.0. The Morgan fingerprint density at radius 3 is 2.93 bits per heavy atom. The fraction of sp³-hybridized carbons (Fsp3) is 0.294. The van der Waals surface area contributed by atoms with Crippen molar-refractivity contribution in [3.63, 3.8) is 0 Å². The molecule has 10 nitrogen and oxygen atoms in total. The van der Waals surface area contributed by atoms with Gasteiger partial charge in [0.25, 0.3) is 0 Å². The number of hydrogen-bond acceptors (Lipinski definition) is 7. The SMILES string of the molecule is O=Cc1cccc(-c2ncnc3c2ncn3[C@H]2CC[C@@H](COP(=O)(O)O)O2)c1. The minimum atomic E-state index is -4.53. The zero-order valence-electron chi connectivity index (χ0n) is 14.6. The fourth-order valence-electron chi connectivity index (χ4n) is 3.23. The van der Waals surface area contributed by atoms with Gasteiger partial charge in [0.05, 0.1) is 19.0 Å². The molecule has 0 saturated carbocycles. The van der Waals surface area contributed by atoms with Gasteiger partial charge >= 0.3 is 7.82 Å². The van der Waals surface area contributed by atoms with Crippen LogP contribution in [0.4, 0.5) is 0 Å². The summed E-state index contributed by atoms with van der Waals surface area (Å²) >= 11 is 0. The van der Waals surface area contributed by atoms with Crippen molar-refractivity contribution in [1.29, 1.82) is 0 Å². The topological polar surface area (TPSA) is 137 Å². The number of rotatable bonds is 6. The van der Waals surface area contributed by atoms with E-state index in [4.69, 9.17) is 14.5 Å². The Bertz CT molecular complexity index is 1060. The molecule has 0 unspecified atom stereocenters. The van der Waals surface area contributed by atoms with Crippen molar-refractivity contribution in [3.05, 3.63) is 42.5 Å². The summed E-state index contributed by atoms with van der Waals surface area (Å²) in [6, 6.07) is 7.06. The van der Waals surface area contributed by atoms with Crippen LogP contribution in [0.15, 0.2) is 36.9 Å². The third kappa shape index (κ3) is 3.87. The van der Waals surface area contributed by atoms with E-state index in [9.17, 15) is 9.36 Å². The number of aromatic nitrogens is 4. The van der Waals surface area contributed by atoms with Gasteiger partial charge in [0, 0.05) is 11.1 Å². The van der Waals surface area contributed by atoms with Gasteiger partial charge in [-0.2, -0.15) is 0 Å². The zero-order chi connectivity index (χ0) is 19.7. The van der Waals surface area contributed by atoms with E-state index < -0.39 is 13.9 Å². The van der Waals surface area contributed by atoms with E-state index in [-0.39, 0.29) is 12.8 Å². The standard InChI is InChI=1S/C17H17N4O6P/c22-7-11-2-1-3-12(6-11)15-16-17(19-9-18-15)21(10-20-16)14-5-4-13(27-14)8-26-28(23,24)25/h1-3,6-7,9-10,13-14H,4-5,8H2,(H2,23,24,25)/t13-,14+/m0/s1. The molecular formula is C17H17N4O6P. The molecule has 0 spiro atoms. The average molecular weight is 404 g/mol. The van der Waals surface area contributed by atoms with Crippen LogP contribution in [-0.2, 0) is 13.8 Å². The van der Waals surface area contributed by atoms with E-state index in [1.165, 1.54) is 6.33 Å². The summed E-state index contributed by atoms with van der Waals surface area (Å²) in [7, 11) is -4.53. The second-order valence-corrected chi connectivity index (χ2v) is 7.61. The molecule has 2 aromatic heterocycles. The Hall–Kier alpha value is -2.49. The molecule has 11 heteroatoms. The molecule has 1 fully saturated rings. The predicted molar refractivity (Wildman–Crippen MR) is 97.3 cm³/mol. The number of nitrogens with zero attached hydrogens (tertiary/aromatic N) is 4. The maximum absolute atomic E-state index is 11.0. The lowest BCUT2D eigenvalue weighted by Crippen LogP contribution is -2.16. The zero-order valence-corrected chi connectivity index (χ0v) is 15.5. The number of imidazole rings is 1. The van der Waals surface area contributed by atoms with Gasteiger partial charge in [-0.25, -0.2) is 19.5 Å². The molecule has 1 aliphatic rings.